The number of carboxylic acid groups (broad SMARTS) is 1. The zero-order chi connectivity index (χ0) is 15.9. The van der Waals surface area contributed by atoms with E-state index in [-0.39, 0.29) is 24.8 Å². The van der Waals surface area contributed by atoms with Crippen LogP contribution in [0.2, 0.25) is 4.34 Å². The fraction of sp³-hybridized carbons (Fsp3) is 0.250. The quantitative estimate of drug-likeness (QED) is 0.810. The summed E-state index contributed by atoms with van der Waals surface area (Å²) < 4.78 is 0.647. The highest BCUT2D eigenvalue weighted by molar-refractivity contribution is 7.16. The molecule has 1 aromatic carbocycles. The second-order valence-electron chi connectivity index (χ2n) is 4.85. The van der Waals surface area contributed by atoms with E-state index in [9.17, 15) is 9.59 Å². The maximum Gasteiger partial charge on any atom is 0.303 e. The first-order valence-electron chi connectivity index (χ1n) is 6.85. The van der Waals surface area contributed by atoms with Crippen molar-refractivity contribution in [3.63, 3.8) is 0 Å². The van der Waals surface area contributed by atoms with Crippen LogP contribution < -0.4 is 5.32 Å². The molecule has 0 spiro atoms. The Bertz CT molecular complexity index is 642. The molecule has 1 aromatic heterocycles. The van der Waals surface area contributed by atoms with Gasteiger partial charge in [-0.1, -0.05) is 41.9 Å². The summed E-state index contributed by atoms with van der Waals surface area (Å²) >= 11 is 7.22. The lowest BCUT2D eigenvalue weighted by Crippen LogP contribution is -2.30. The lowest BCUT2D eigenvalue weighted by molar-refractivity contribution is -0.137. The van der Waals surface area contributed by atoms with Gasteiger partial charge in [0.15, 0.2) is 0 Å². The molecule has 2 rings (SSSR count). The molecule has 0 saturated heterocycles. The fourth-order valence-corrected chi connectivity index (χ4v) is 3.21. The van der Waals surface area contributed by atoms with Crippen LogP contribution in [0.5, 0.6) is 0 Å². The van der Waals surface area contributed by atoms with Crippen LogP contribution in [0.25, 0.3) is 0 Å². The van der Waals surface area contributed by atoms with Crippen molar-refractivity contribution in [1.29, 1.82) is 0 Å². The number of carbonyl (C=O) groups excluding carboxylic acids is 1. The van der Waals surface area contributed by atoms with Gasteiger partial charge in [0.25, 0.3) is 0 Å². The van der Waals surface area contributed by atoms with Gasteiger partial charge in [-0.15, -0.1) is 11.3 Å². The first-order valence-corrected chi connectivity index (χ1v) is 8.04. The van der Waals surface area contributed by atoms with Crippen LogP contribution >= 0.6 is 22.9 Å². The maximum absolute atomic E-state index is 12.2. The second-order valence-corrected chi connectivity index (χ2v) is 6.65. The van der Waals surface area contributed by atoms with Crippen LogP contribution in [-0.4, -0.2) is 17.0 Å². The van der Waals surface area contributed by atoms with Crippen LogP contribution in [0.1, 0.15) is 29.3 Å². The number of rotatable bonds is 7. The second kappa shape index (κ2) is 7.96. The summed E-state index contributed by atoms with van der Waals surface area (Å²) in [5.74, 6) is -1.02. The normalized spacial score (nSPS) is 11.9. The van der Waals surface area contributed by atoms with Gasteiger partial charge in [-0.25, -0.2) is 0 Å². The number of halogens is 1. The van der Waals surface area contributed by atoms with Crippen molar-refractivity contribution in [2.75, 3.05) is 0 Å². The van der Waals surface area contributed by atoms with E-state index in [1.165, 1.54) is 11.3 Å². The Balaban J connectivity index is 2.02. The Morgan fingerprint density at radius 3 is 2.50 bits per heavy atom. The van der Waals surface area contributed by atoms with E-state index in [0.29, 0.717) is 10.8 Å². The number of aliphatic carboxylic acids is 1. The van der Waals surface area contributed by atoms with Gasteiger partial charge in [-0.3, -0.25) is 9.59 Å². The number of benzene rings is 1. The van der Waals surface area contributed by atoms with E-state index in [1.54, 1.807) is 6.07 Å². The van der Waals surface area contributed by atoms with Crippen LogP contribution in [0, 0.1) is 0 Å². The van der Waals surface area contributed by atoms with Crippen molar-refractivity contribution in [3.05, 3.63) is 57.2 Å². The number of carboxylic acids is 1. The van der Waals surface area contributed by atoms with Crippen molar-refractivity contribution in [1.82, 2.24) is 5.32 Å². The monoisotopic (exact) mass is 337 g/mol. The molecule has 0 bridgehead atoms. The number of amides is 1. The van der Waals surface area contributed by atoms with Gasteiger partial charge in [0, 0.05) is 11.3 Å². The highest BCUT2D eigenvalue weighted by Crippen LogP contribution is 2.23. The number of nitrogens with one attached hydrogen (secondary N) is 1. The first-order chi connectivity index (χ1) is 10.5. The van der Waals surface area contributed by atoms with Crippen LogP contribution in [0.15, 0.2) is 42.5 Å². The fourth-order valence-electron chi connectivity index (χ4n) is 2.13. The molecule has 0 aliphatic carbocycles. The van der Waals surface area contributed by atoms with Gasteiger partial charge in [0.2, 0.25) is 5.91 Å². The summed E-state index contributed by atoms with van der Waals surface area (Å²) in [4.78, 5) is 23.8. The number of hydrogen-bond donors (Lipinski definition) is 2. The third-order valence-electron chi connectivity index (χ3n) is 3.15. The highest BCUT2D eigenvalue weighted by Gasteiger charge is 2.16. The summed E-state index contributed by atoms with van der Waals surface area (Å²) in [6.45, 7) is 0. The largest absolute Gasteiger partial charge is 0.481 e. The lowest BCUT2D eigenvalue weighted by Gasteiger charge is -2.18. The van der Waals surface area contributed by atoms with Crippen molar-refractivity contribution >= 4 is 34.8 Å². The lowest BCUT2D eigenvalue weighted by atomic mass is 10.0. The molecule has 0 fully saturated rings. The van der Waals surface area contributed by atoms with Crippen molar-refractivity contribution in [3.8, 4) is 0 Å². The minimum atomic E-state index is -0.875. The molecule has 22 heavy (non-hydrogen) atoms. The van der Waals surface area contributed by atoms with Gasteiger partial charge >= 0.3 is 5.97 Å². The summed E-state index contributed by atoms with van der Waals surface area (Å²) in [7, 11) is 0. The topological polar surface area (TPSA) is 66.4 Å². The highest BCUT2D eigenvalue weighted by atomic mass is 35.5. The van der Waals surface area contributed by atoms with E-state index >= 15 is 0 Å². The molecular formula is C16H16ClNO3S. The Kier molecular flexibility index (Phi) is 5.98. The van der Waals surface area contributed by atoms with Crippen molar-refractivity contribution in [2.24, 2.45) is 0 Å². The van der Waals surface area contributed by atoms with Gasteiger partial charge in [-0.05, 0) is 24.1 Å². The van der Waals surface area contributed by atoms with Gasteiger partial charge < -0.3 is 10.4 Å². The predicted octanol–water partition coefficient (Wildman–Crippen LogP) is 3.67. The Labute approximate surface area is 137 Å². The smallest absolute Gasteiger partial charge is 0.303 e. The zero-order valence-corrected chi connectivity index (χ0v) is 13.4. The maximum atomic E-state index is 12.2. The van der Waals surface area contributed by atoms with E-state index in [0.717, 1.165) is 10.4 Å². The Morgan fingerprint density at radius 2 is 1.91 bits per heavy atom. The molecule has 1 heterocycles. The van der Waals surface area contributed by atoms with E-state index in [4.69, 9.17) is 16.7 Å². The average molecular weight is 338 g/mol. The predicted molar refractivity (Wildman–Crippen MR) is 87.2 cm³/mol. The summed E-state index contributed by atoms with van der Waals surface area (Å²) in [5.41, 5.74) is 0.904. The molecule has 1 unspecified atom stereocenters. The summed E-state index contributed by atoms with van der Waals surface area (Å²) in [6.07, 6.45) is 0.606. The molecule has 116 valence electrons. The van der Waals surface area contributed by atoms with E-state index in [2.05, 4.69) is 5.32 Å². The average Bonchev–Trinajstić information content (AvgIpc) is 2.89. The van der Waals surface area contributed by atoms with Gasteiger partial charge in [0.05, 0.1) is 16.8 Å². The van der Waals surface area contributed by atoms with Gasteiger partial charge in [0.1, 0.15) is 0 Å². The van der Waals surface area contributed by atoms with E-state index < -0.39 is 5.97 Å². The standard InChI is InChI=1S/C16H16ClNO3S/c17-14-8-6-12(22-14)10-15(19)18-13(7-9-16(20)21)11-4-2-1-3-5-11/h1-6,8,13H,7,9-10H2,(H,18,19)(H,20,21). The number of thiophene rings is 1. The molecule has 0 aliphatic rings. The molecule has 0 radical (unpaired) electrons. The molecule has 2 aromatic rings. The molecule has 2 N–H and O–H groups in total. The molecule has 0 aliphatic heterocycles. The number of hydrogen-bond acceptors (Lipinski definition) is 3. The Morgan fingerprint density at radius 1 is 1.18 bits per heavy atom. The SMILES string of the molecule is O=C(O)CCC(NC(=O)Cc1ccc(Cl)s1)c1ccccc1. The van der Waals surface area contributed by atoms with E-state index in [1.807, 2.05) is 36.4 Å². The molecule has 1 amide bonds. The summed E-state index contributed by atoms with van der Waals surface area (Å²) in [5, 5.41) is 11.8. The zero-order valence-electron chi connectivity index (χ0n) is 11.8. The van der Waals surface area contributed by atoms with Crippen molar-refractivity contribution in [2.45, 2.75) is 25.3 Å². The van der Waals surface area contributed by atoms with Crippen LogP contribution in [0.4, 0.5) is 0 Å². The third-order valence-corrected chi connectivity index (χ3v) is 4.38. The molecule has 0 saturated carbocycles. The minimum absolute atomic E-state index is 0.00463. The molecule has 6 heteroatoms. The Hall–Kier alpha value is -1.85. The first kappa shape index (κ1) is 16.5. The number of carbonyl (C=O) groups is 2. The molecule has 4 nitrogen and oxygen atoms in total. The van der Waals surface area contributed by atoms with Crippen molar-refractivity contribution < 1.29 is 14.7 Å². The third kappa shape index (κ3) is 5.16. The summed E-state index contributed by atoms with van der Waals surface area (Å²) in [6, 6.07) is 12.7. The molecular weight excluding hydrogens is 322 g/mol. The minimum Gasteiger partial charge on any atom is -0.481 e. The van der Waals surface area contributed by atoms with Crippen LogP contribution in [-0.2, 0) is 16.0 Å². The van der Waals surface area contributed by atoms with Gasteiger partial charge in [-0.2, -0.15) is 0 Å². The van der Waals surface area contributed by atoms with Crippen LogP contribution in [0.3, 0.4) is 0 Å². The molecule has 1 atom stereocenters.